The van der Waals surface area contributed by atoms with Crippen LogP contribution >= 0.6 is 11.3 Å². The fourth-order valence-electron chi connectivity index (χ4n) is 2.10. The van der Waals surface area contributed by atoms with Crippen LogP contribution in [0.1, 0.15) is 36.6 Å². The Morgan fingerprint density at radius 2 is 2.41 bits per heavy atom. The Morgan fingerprint density at radius 3 is 3.24 bits per heavy atom. The van der Waals surface area contributed by atoms with Gasteiger partial charge in [0.15, 0.2) is 0 Å². The molecule has 2 amide bonds. The normalized spacial score (nSPS) is 14.5. The van der Waals surface area contributed by atoms with Gasteiger partial charge in [0, 0.05) is 24.5 Å². The zero-order chi connectivity index (χ0) is 12.1. The molecule has 1 aromatic heterocycles. The van der Waals surface area contributed by atoms with Gasteiger partial charge in [0.05, 0.1) is 0 Å². The molecule has 0 atom stereocenters. The Morgan fingerprint density at radius 1 is 1.53 bits per heavy atom. The summed E-state index contributed by atoms with van der Waals surface area (Å²) in [6.07, 6.45) is 4.47. The molecule has 1 aliphatic rings. The van der Waals surface area contributed by atoms with Gasteiger partial charge in [0.2, 0.25) is 0 Å². The highest BCUT2D eigenvalue weighted by Gasteiger charge is 2.20. The van der Waals surface area contributed by atoms with Crippen LogP contribution in [0, 0.1) is 0 Å². The average Bonchev–Trinajstić information content (AvgIpc) is 2.81. The van der Waals surface area contributed by atoms with E-state index in [1.54, 1.807) is 11.3 Å². The second-order valence-corrected chi connectivity index (χ2v) is 5.48. The molecule has 0 fully saturated rings. The minimum atomic E-state index is 0.0953. The number of amides is 2. The number of hydrogen-bond acceptors (Lipinski definition) is 2. The third-order valence-corrected chi connectivity index (χ3v) is 4.17. The number of nitrogens with zero attached hydrogens (tertiary/aromatic N) is 1. The van der Waals surface area contributed by atoms with Crippen LogP contribution in [-0.2, 0) is 13.0 Å². The molecule has 1 N–H and O–H groups in total. The minimum Gasteiger partial charge on any atom is -0.338 e. The van der Waals surface area contributed by atoms with Crippen molar-refractivity contribution < 1.29 is 4.79 Å². The molecule has 0 aliphatic carbocycles. The Hall–Kier alpha value is -1.03. The molecule has 1 aliphatic heterocycles. The number of carbonyl (C=O) groups excluding carboxylic acids is 1. The number of thiophene rings is 1. The molecule has 0 spiro atoms. The van der Waals surface area contributed by atoms with Gasteiger partial charge in [-0.1, -0.05) is 19.8 Å². The zero-order valence-electron chi connectivity index (χ0n) is 10.4. The van der Waals surface area contributed by atoms with Crippen molar-refractivity contribution in [3.8, 4) is 0 Å². The Labute approximate surface area is 107 Å². The third-order valence-electron chi connectivity index (χ3n) is 3.15. The van der Waals surface area contributed by atoms with E-state index in [4.69, 9.17) is 0 Å². The van der Waals surface area contributed by atoms with Crippen molar-refractivity contribution in [3.05, 3.63) is 21.9 Å². The highest BCUT2D eigenvalue weighted by atomic mass is 32.1. The Balaban J connectivity index is 1.78. The predicted molar refractivity (Wildman–Crippen MR) is 71.4 cm³/mol. The fourth-order valence-corrected chi connectivity index (χ4v) is 2.99. The Bertz CT molecular complexity index is 375. The van der Waals surface area contributed by atoms with E-state index >= 15 is 0 Å². The highest BCUT2D eigenvalue weighted by Crippen LogP contribution is 2.23. The molecule has 3 nitrogen and oxygen atoms in total. The molecular formula is C13H20N2OS. The number of urea groups is 1. The van der Waals surface area contributed by atoms with Crippen LogP contribution in [0.3, 0.4) is 0 Å². The van der Waals surface area contributed by atoms with Crippen LogP contribution in [-0.4, -0.2) is 24.0 Å². The number of hydrogen-bond donors (Lipinski definition) is 1. The van der Waals surface area contributed by atoms with Gasteiger partial charge < -0.3 is 10.2 Å². The fraction of sp³-hybridized carbons (Fsp3) is 0.615. The number of unbranched alkanes of at least 4 members (excludes halogenated alkanes) is 2. The summed E-state index contributed by atoms with van der Waals surface area (Å²) in [4.78, 5) is 15.3. The van der Waals surface area contributed by atoms with Gasteiger partial charge in [0.25, 0.3) is 0 Å². The standard InChI is InChI=1S/C13H20N2OS/c1-2-3-4-7-14-13(16)15-8-5-12-11(10-15)6-9-17-12/h6,9H,2-5,7-8,10H2,1H3,(H,14,16). The molecule has 0 saturated heterocycles. The quantitative estimate of drug-likeness (QED) is 0.821. The molecule has 0 unspecified atom stereocenters. The third kappa shape index (κ3) is 3.22. The molecule has 0 radical (unpaired) electrons. The smallest absolute Gasteiger partial charge is 0.317 e. The summed E-state index contributed by atoms with van der Waals surface area (Å²) in [5.41, 5.74) is 1.32. The van der Waals surface area contributed by atoms with Crippen LogP contribution in [0.4, 0.5) is 4.79 Å². The molecule has 0 bridgehead atoms. The SMILES string of the molecule is CCCCCNC(=O)N1CCc2sccc2C1. The van der Waals surface area contributed by atoms with Crippen LogP contribution in [0.5, 0.6) is 0 Å². The number of fused-ring (bicyclic) bond motifs is 1. The van der Waals surface area contributed by atoms with Gasteiger partial charge >= 0.3 is 6.03 Å². The summed E-state index contributed by atoms with van der Waals surface area (Å²) in [6, 6.07) is 2.23. The average molecular weight is 252 g/mol. The summed E-state index contributed by atoms with van der Waals surface area (Å²) < 4.78 is 0. The van der Waals surface area contributed by atoms with Crippen molar-refractivity contribution in [3.63, 3.8) is 0 Å². The van der Waals surface area contributed by atoms with Gasteiger partial charge in [-0.3, -0.25) is 0 Å². The number of nitrogens with one attached hydrogen (secondary N) is 1. The Kier molecular flexibility index (Phi) is 4.42. The first-order valence-electron chi connectivity index (χ1n) is 6.39. The first-order valence-corrected chi connectivity index (χ1v) is 7.27. The van der Waals surface area contributed by atoms with E-state index in [9.17, 15) is 4.79 Å². The van der Waals surface area contributed by atoms with E-state index in [-0.39, 0.29) is 6.03 Å². The van der Waals surface area contributed by atoms with Crippen molar-refractivity contribution in [2.24, 2.45) is 0 Å². The second-order valence-electron chi connectivity index (χ2n) is 4.48. The minimum absolute atomic E-state index is 0.0953. The highest BCUT2D eigenvalue weighted by molar-refractivity contribution is 7.10. The summed E-state index contributed by atoms with van der Waals surface area (Å²) in [7, 11) is 0. The van der Waals surface area contributed by atoms with E-state index in [1.807, 2.05) is 4.90 Å². The van der Waals surface area contributed by atoms with Crippen molar-refractivity contribution >= 4 is 17.4 Å². The van der Waals surface area contributed by atoms with E-state index in [2.05, 4.69) is 23.7 Å². The topological polar surface area (TPSA) is 32.3 Å². The molecule has 0 aromatic carbocycles. The first-order chi connectivity index (χ1) is 8.31. The zero-order valence-corrected chi connectivity index (χ0v) is 11.2. The molecule has 4 heteroatoms. The van der Waals surface area contributed by atoms with E-state index < -0.39 is 0 Å². The van der Waals surface area contributed by atoms with Crippen LogP contribution in [0.15, 0.2) is 11.4 Å². The van der Waals surface area contributed by atoms with E-state index in [0.29, 0.717) is 0 Å². The maximum Gasteiger partial charge on any atom is 0.317 e. The number of carbonyl (C=O) groups is 1. The maximum atomic E-state index is 11.9. The van der Waals surface area contributed by atoms with Gasteiger partial charge in [0.1, 0.15) is 0 Å². The molecule has 1 aromatic rings. The monoisotopic (exact) mass is 252 g/mol. The molecule has 2 heterocycles. The van der Waals surface area contributed by atoms with Crippen molar-refractivity contribution in [2.45, 2.75) is 39.2 Å². The molecule has 2 rings (SSSR count). The van der Waals surface area contributed by atoms with Gasteiger partial charge in [-0.05, 0) is 29.9 Å². The molecule has 0 saturated carbocycles. The number of rotatable bonds is 4. The second kappa shape index (κ2) is 6.05. The lowest BCUT2D eigenvalue weighted by Crippen LogP contribution is -2.42. The van der Waals surface area contributed by atoms with Crippen molar-refractivity contribution in [1.29, 1.82) is 0 Å². The van der Waals surface area contributed by atoms with E-state index in [0.717, 1.165) is 32.5 Å². The van der Waals surface area contributed by atoms with Crippen LogP contribution in [0.2, 0.25) is 0 Å². The summed E-state index contributed by atoms with van der Waals surface area (Å²) in [5, 5.41) is 5.12. The maximum absolute atomic E-state index is 11.9. The molecule has 17 heavy (non-hydrogen) atoms. The molecular weight excluding hydrogens is 232 g/mol. The lowest BCUT2D eigenvalue weighted by atomic mass is 10.1. The predicted octanol–water partition coefficient (Wildman–Crippen LogP) is 3.01. The summed E-state index contributed by atoms with van der Waals surface area (Å²) in [5.74, 6) is 0. The van der Waals surface area contributed by atoms with E-state index in [1.165, 1.54) is 23.3 Å². The first kappa shape index (κ1) is 12.4. The summed E-state index contributed by atoms with van der Waals surface area (Å²) in [6.45, 7) is 4.61. The summed E-state index contributed by atoms with van der Waals surface area (Å²) >= 11 is 1.81. The van der Waals surface area contributed by atoms with Crippen molar-refractivity contribution in [1.82, 2.24) is 10.2 Å². The van der Waals surface area contributed by atoms with Crippen LogP contribution in [0.25, 0.3) is 0 Å². The van der Waals surface area contributed by atoms with Crippen molar-refractivity contribution in [2.75, 3.05) is 13.1 Å². The largest absolute Gasteiger partial charge is 0.338 e. The lowest BCUT2D eigenvalue weighted by molar-refractivity contribution is 0.192. The van der Waals surface area contributed by atoms with Gasteiger partial charge in [-0.2, -0.15) is 0 Å². The van der Waals surface area contributed by atoms with Gasteiger partial charge in [-0.25, -0.2) is 4.79 Å². The molecule has 94 valence electrons. The van der Waals surface area contributed by atoms with Crippen LogP contribution < -0.4 is 5.32 Å². The van der Waals surface area contributed by atoms with Gasteiger partial charge in [-0.15, -0.1) is 11.3 Å². The lowest BCUT2D eigenvalue weighted by Gasteiger charge is -2.27.